The van der Waals surface area contributed by atoms with Crippen LogP contribution in [0.5, 0.6) is 0 Å². The molecule has 0 amide bonds. The van der Waals surface area contributed by atoms with E-state index in [1.807, 2.05) is 30.1 Å². The highest BCUT2D eigenvalue weighted by Gasteiger charge is 2.13. The van der Waals surface area contributed by atoms with E-state index in [0.717, 1.165) is 30.7 Å². The first kappa shape index (κ1) is 19.4. The van der Waals surface area contributed by atoms with Crippen LogP contribution >= 0.6 is 11.6 Å². The smallest absolute Gasteiger partial charge is 0.227 e. The maximum absolute atomic E-state index is 6.05. The lowest BCUT2D eigenvalue weighted by atomic mass is 10.3. The molecule has 8 heteroatoms. The van der Waals surface area contributed by atoms with Gasteiger partial charge >= 0.3 is 0 Å². The maximum atomic E-state index is 6.05. The van der Waals surface area contributed by atoms with Gasteiger partial charge in [0.1, 0.15) is 11.5 Å². The van der Waals surface area contributed by atoms with Gasteiger partial charge in [-0.3, -0.25) is 0 Å². The lowest BCUT2D eigenvalue weighted by Gasteiger charge is -2.22. The van der Waals surface area contributed by atoms with Crippen LogP contribution in [0.25, 0.3) is 22.6 Å². The van der Waals surface area contributed by atoms with Crippen molar-refractivity contribution in [2.45, 2.75) is 19.8 Å². The van der Waals surface area contributed by atoms with E-state index in [9.17, 15) is 0 Å². The molecule has 0 aliphatic carbocycles. The second-order valence-electron chi connectivity index (χ2n) is 6.80. The van der Waals surface area contributed by atoms with Crippen LogP contribution in [0.1, 0.15) is 19.8 Å². The number of aromatic amines is 1. The molecule has 3 N–H and O–H groups in total. The van der Waals surface area contributed by atoms with Gasteiger partial charge in [0.25, 0.3) is 0 Å². The predicted octanol–water partition coefficient (Wildman–Crippen LogP) is 3.42. The van der Waals surface area contributed by atoms with Crippen LogP contribution in [-0.4, -0.2) is 58.6 Å². The van der Waals surface area contributed by atoms with Crippen LogP contribution in [0.15, 0.2) is 24.3 Å². The number of anilines is 2. The van der Waals surface area contributed by atoms with Crippen LogP contribution in [0.3, 0.4) is 0 Å². The Kier molecular flexibility index (Phi) is 6.13. The zero-order valence-electron chi connectivity index (χ0n) is 16.0. The summed E-state index contributed by atoms with van der Waals surface area (Å²) < 4.78 is 0. The summed E-state index contributed by atoms with van der Waals surface area (Å²) in [5.74, 6) is 1.66. The normalized spacial score (nSPS) is 11.4. The lowest BCUT2D eigenvalue weighted by molar-refractivity contribution is 0.334. The average Bonchev–Trinajstić information content (AvgIpc) is 3.07. The molecule has 27 heavy (non-hydrogen) atoms. The predicted molar refractivity (Wildman–Crippen MR) is 112 cm³/mol. The number of nitrogen functional groups attached to an aromatic ring is 1. The molecule has 3 aromatic rings. The molecule has 0 fully saturated rings. The van der Waals surface area contributed by atoms with E-state index < -0.39 is 0 Å². The fraction of sp³-hybridized carbons (Fsp3) is 0.421. The van der Waals surface area contributed by atoms with E-state index in [1.54, 1.807) is 6.07 Å². The fourth-order valence-electron chi connectivity index (χ4n) is 2.81. The largest absolute Gasteiger partial charge is 0.384 e. The molecule has 0 aliphatic rings. The van der Waals surface area contributed by atoms with Crippen molar-refractivity contribution in [3.8, 4) is 11.5 Å². The topological polar surface area (TPSA) is 87.0 Å². The third-order valence-corrected chi connectivity index (χ3v) is 4.71. The van der Waals surface area contributed by atoms with Crippen molar-refractivity contribution in [3.63, 3.8) is 0 Å². The number of nitrogens with one attached hydrogen (secondary N) is 1. The number of halogens is 1. The minimum absolute atomic E-state index is 0.416. The van der Waals surface area contributed by atoms with E-state index >= 15 is 0 Å². The highest BCUT2D eigenvalue weighted by Crippen LogP contribution is 2.24. The second-order valence-corrected chi connectivity index (χ2v) is 7.24. The first-order valence-electron chi connectivity index (χ1n) is 9.16. The number of imidazole rings is 1. The van der Waals surface area contributed by atoms with Crippen molar-refractivity contribution in [1.29, 1.82) is 0 Å². The average molecular weight is 388 g/mol. The Hall–Kier alpha value is -2.38. The molecule has 2 aromatic heterocycles. The van der Waals surface area contributed by atoms with Gasteiger partial charge < -0.3 is 20.5 Å². The third-order valence-electron chi connectivity index (χ3n) is 4.47. The molecule has 144 valence electrons. The van der Waals surface area contributed by atoms with Gasteiger partial charge in [-0.2, -0.15) is 4.98 Å². The summed E-state index contributed by atoms with van der Waals surface area (Å²) in [6.07, 6.45) is 2.40. The molecular formula is C19H26ClN7. The number of likely N-dealkylation sites (N-methyl/N-ethyl adjacent to an activating group) is 2. The van der Waals surface area contributed by atoms with Crippen molar-refractivity contribution in [2.24, 2.45) is 0 Å². The SMILES string of the molecule is CCCCN(C)CCN(C)c1nc(N)cc(-c2nc3ccc(Cl)cc3[nH]2)n1. The monoisotopic (exact) mass is 387 g/mol. The van der Waals surface area contributed by atoms with E-state index in [4.69, 9.17) is 17.3 Å². The number of rotatable bonds is 8. The summed E-state index contributed by atoms with van der Waals surface area (Å²) in [6, 6.07) is 7.26. The van der Waals surface area contributed by atoms with Crippen molar-refractivity contribution < 1.29 is 0 Å². The number of aromatic nitrogens is 4. The Balaban J connectivity index is 1.78. The first-order valence-corrected chi connectivity index (χ1v) is 9.54. The highest BCUT2D eigenvalue weighted by molar-refractivity contribution is 6.31. The molecule has 0 saturated carbocycles. The van der Waals surface area contributed by atoms with Gasteiger partial charge in [-0.25, -0.2) is 9.97 Å². The van der Waals surface area contributed by atoms with Crippen molar-refractivity contribution >= 4 is 34.4 Å². The van der Waals surface area contributed by atoms with E-state index in [2.05, 4.69) is 38.8 Å². The Morgan fingerprint density at radius 2 is 1.89 bits per heavy atom. The molecule has 0 radical (unpaired) electrons. The summed E-state index contributed by atoms with van der Waals surface area (Å²) in [7, 11) is 4.11. The van der Waals surface area contributed by atoms with Crippen LogP contribution < -0.4 is 10.6 Å². The molecule has 0 saturated heterocycles. The van der Waals surface area contributed by atoms with Crippen LogP contribution in [0.2, 0.25) is 5.02 Å². The summed E-state index contributed by atoms with van der Waals surface area (Å²) >= 11 is 6.05. The van der Waals surface area contributed by atoms with Crippen molar-refractivity contribution in [3.05, 3.63) is 29.3 Å². The zero-order chi connectivity index (χ0) is 19.4. The second kappa shape index (κ2) is 8.54. The highest BCUT2D eigenvalue weighted by atomic mass is 35.5. The molecule has 1 aromatic carbocycles. The van der Waals surface area contributed by atoms with Crippen LogP contribution in [0.4, 0.5) is 11.8 Å². The van der Waals surface area contributed by atoms with Crippen molar-refractivity contribution in [1.82, 2.24) is 24.8 Å². The Morgan fingerprint density at radius 3 is 2.67 bits per heavy atom. The van der Waals surface area contributed by atoms with Gasteiger partial charge in [-0.15, -0.1) is 0 Å². The fourth-order valence-corrected chi connectivity index (χ4v) is 2.98. The maximum Gasteiger partial charge on any atom is 0.227 e. The number of H-pyrrole nitrogens is 1. The van der Waals surface area contributed by atoms with Crippen molar-refractivity contribution in [2.75, 3.05) is 44.4 Å². The Labute approximate surface area is 164 Å². The summed E-state index contributed by atoms with van der Waals surface area (Å²) in [4.78, 5) is 21.2. The van der Waals surface area contributed by atoms with Gasteiger partial charge in [0, 0.05) is 31.2 Å². The van der Waals surface area contributed by atoms with Gasteiger partial charge in [0.2, 0.25) is 5.95 Å². The zero-order valence-corrected chi connectivity index (χ0v) is 16.8. The Morgan fingerprint density at radius 1 is 1.07 bits per heavy atom. The minimum atomic E-state index is 0.416. The summed E-state index contributed by atoms with van der Waals surface area (Å²) in [5.41, 5.74) is 8.38. The van der Waals surface area contributed by atoms with Gasteiger partial charge in [-0.1, -0.05) is 24.9 Å². The molecule has 0 spiro atoms. The van der Waals surface area contributed by atoms with Crippen LogP contribution in [0, 0.1) is 0 Å². The quantitative estimate of drug-likeness (QED) is 0.615. The Bertz CT molecular complexity index is 908. The molecular weight excluding hydrogens is 362 g/mol. The molecule has 7 nitrogen and oxygen atoms in total. The summed E-state index contributed by atoms with van der Waals surface area (Å²) in [6.45, 7) is 5.05. The number of nitrogens with two attached hydrogens (primary N) is 1. The standard InChI is InChI=1S/C19H26ClN7/c1-4-5-8-26(2)9-10-27(3)19-24-16(12-17(21)25-19)18-22-14-7-6-13(20)11-15(14)23-18/h6-7,11-12H,4-5,8-10H2,1-3H3,(H,22,23)(H2,21,24,25). The third kappa shape index (κ3) is 4.87. The number of fused-ring (bicyclic) bond motifs is 1. The number of hydrogen-bond donors (Lipinski definition) is 2. The molecule has 0 bridgehead atoms. The molecule has 0 aliphatic heterocycles. The number of nitrogens with zero attached hydrogens (tertiary/aromatic N) is 5. The van der Waals surface area contributed by atoms with Crippen LogP contribution in [-0.2, 0) is 0 Å². The number of benzene rings is 1. The molecule has 2 heterocycles. The van der Waals surface area contributed by atoms with Gasteiger partial charge in [-0.05, 0) is 38.2 Å². The number of hydrogen-bond acceptors (Lipinski definition) is 6. The summed E-state index contributed by atoms with van der Waals surface area (Å²) in [5, 5.41) is 0.660. The molecule has 3 rings (SSSR count). The lowest BCUT2D eigenvalue weighted by Crippen LogP contribution is -2.32. The molecule has 0 unspecified atom stereocenters. The van der Waals surface area contributed by atoms with E-state index in [-0.39, 0.29) is 0 Å². The van der Waals surface area contributed by atoms with E-state index in [0.29, 0.717) is 28.3 Å². The number of unbranched alkanes of at least 4 members (excludes halogenated alkanes) is 1. The molecule has 0 atom stereocenters. The minimum Gasteiger partial charge on any atom is -0.384 e. The van der Waals surface area contributed by atoms with E-state index in [1.165, 1.54) is 12.8 Å². The van der Waals surface area contributed by atoms with Gasteiger partial charge in [0.15, 0.2) is 5.82 Å². The van der Waals surface area contributed by atoms with Gasteiger partial charge in [0.05, 0.1) is 11.0 Å². The first-order chi connectivity index (χ1) is 13.0.